The fourth-order valence-corrected chi connectivity index (χ4v) is 3.42. The molecule has 1 aromatic heterocycles. The summed E-state index contributed by atoms with van der Waals surface area (Å²) in [6.45, 7) is 5.09. The summed E-state index contributed by atoms with van der Waals surface area (Å²) in [6.07, 6.45) is 1.71. The van der Waals surface area contributed by atoms with Gasteiger partial charge < -0.3 is 19.7 Å². The van der Waals surface area contributed by atoms with E-state index in [0.717, 1.165) is 43.1 Å². The van der Waals surface area contributed by atoms with Crippen LogP contribution in [0.1, 0.15) is 18.5 Å². The van der Waals surface area contributed by atoms with Crippen molar-refractivity contribution in [3.05, 3.63) is 41.0 Å². The molecule has 2 aliphatic rings. The van der Waals surface area contributed by atoms with Gasteiger partial charge in [-0.25, -0.2) is 4.98 Å². The molecule has 2 saturated heterocycles. The summed E-state index contributed by atoms with van der Waals surface area (Å²) in [4.78, 5) is 11.4. The Bertz CT molecular complexity index is 737. The van der Waals surface area contributed by atoms with E-state index in [1.165, 1.54) is 0 Å². The number of hydrogen-bond acceptors (Lipinski definition) is 6. The van der Waals surface area contributed by atoms with E-state index in [1.807, 2.05) is 37.3 Å². The topological polar surface area (TPSA) is 59.5 Å². The zero-order valence-electron chi connectivity index (χ0n) is 14.2. The van der Waals surface area contributed by atoms with Crippen LogP contribution in [-0.2, 0) is 9.47 Å². The highest BCUT2D eigenvalue weighted by molar-refractivity contribution is 6.30. The van der Waals surface area contributed by atoms with Gasteiger partial charge in [-0.15, -0.1) is 0 Å². The number of aromatic nitrogens is 2. The molecule has 0 saturated carbocycles. The molecule has 2 fully saturated rings. The van der Waals surface area contributed by atoms with Crippen LogP contribution in [0.15, 0.2) is 30.3 Å². The maximum absolute atomic E-state index is 5.93. The van der Waals surface area contributed by atoms with Gasteiger partial charge in [0.15, 0.2) is 5.79 Å². The van der Waals surface area contributed by atoms with E-state index in [0.29, 0.717) is 24.2 Å². The highest BCUT2D eigenvalue weighted by Gasteiger charge is 2.40. The number of halogens is 1. The number of aryl methyl sites for hydroxylation is 1. The number of benzene rings is 1. The molecule has 7 heteroatoms. The van der Waals surface area contributed by atoms with Crippen molar-refractivity contribution in [3.8, 4) is 0 Å². The number of anilines is 3. The molecule has 6 nitrogen and oxygen atoms in total. The first-order chi connectivity index (χ1) is 12.1. The van der Waals surface area contributed by atoms with Crippen LogP contribution < -0.4 is 10.2 Å². The minimum atomic E-state index is -0.372. The molecule has 0 atom stereocenters. The van der Waals surface area contributed by atoms with E-state index in [1.54, 1.807) is 0 Å². The Morgan fingerprint density at radius 1 is 1.08 bits per heavy atom. The lowest BCUT2D eigenvalue weighted by atomic mass is 10.0. The van der Waals surface area contributed by atoms with Crippen LogP contribution in [0.5, 0.6) is 0 Å². The van der Waals surface area contributed by atoms with Crippen molar-refractivity contribution in [2.24, 2.45) is 0 Å². The summed E-state index contributed by atoms with van der Waals surface area (Å²) >= 11 is 5.93. The second kappa shape index (κ2) is 6.78. The Balaban J connectivity index is 1.49. The predicted octanol–water partition coefficient (Wildman–Crippen LogP) is 3.53. The summed E-state index contributed by atoms with van der Waals surface area (Å²) in [5.41, 5.74) is 1.83. The van der Waals surface area contributed by atoms with Crippen molar-refractivity contribution in [1.82, 2.24) is 9.97 Å². The van der Waals surface area contributed by atoms with Crippen LogP contribution in [0.25, 0.3) is 0 Å². The molecule has 1 spiro atoms. The average Bonchev–Trinajstić information content (AvgIpc) is 3.05. The number of hydrogen-bond donors (Lipinski definition) is 1. The monoisotopic (exact) mass is 360 g/mol. The van der Waals surface area contributed by atoms with Crippen molar-refractivity contribution in [2.45, 2.75) is 25.6 Å². The van der Waals surface area contributed by atoms with E-state index in [4.69, 9.17) is 21.1 Å². The number of ether oxygens (including phenoxy) is 2. The van der Waals surface area contributed by atoms with Crippen molar-refractivity contribution in [1.29, 1.82) is 0 Å². The Kier molecular flexibility index (Phi) is 4.50. The summed E-state index contributed by atoms with van der Waals surface area (Å²) in [6, 6.07) is 9.51. The fraction of sp³-hybridized carbons (Fsp3) is 0.444. The normalized spacial score (nSPS) is 19.4. The Morgan fingerprint density at radius 2 is 1.76 bits per heavy atom. The standard InChI is InChI=1S/C18H21ClN4O2/c1-13-12-16(23-8-6-18(7-9-23)24-10-11-25-18)22-17(20-13)21-15-4-2-14(19)3-5-15/h2-5,12H,6-11H2,1H3,(H,20,21,22). The van der Waals surface area contributed by atoms with Gasteiger partial charge >= 0.3 is 0 Å². The first-order valence-corrected chi connectivity index (χ1v) is 8.91. The van der Waals surface area contributed by atoms with Crippen LogP contribution in [0.3, 0.4) is 0 Å². The third-order valence-corrected chi connectivity index (χ3v) is 4.86. The lowest BCUT2D eigenvalue weighted by molar-refractivity contribution is -0.169. The van der Waals surface area contributed by atoms with Crippen LogP contribution in [0.2, 0.25) is 5.02 Å². The lowest BCUT2D eigenvalue weighted by Gasteiger charge is -2.38. The number of rotatable bonds is 3. The van der Waals surface area contributed by atoms with Gasteiger partial charge in [0.25, 0.3) is 0 Å². The lowest BCUT2D eigenvalue weighted by Crippen LogP contribution is -2.45. The first-order valence-electron chi connectivity index (χ1n) is 8.53. The molecule has 2 aromatic rings. The molecule has 132 valence electrons. The van der Waals surface area contributed by atoms with E-state index < -0.39 is 0 Å². The van der Waals surface area contributed by atoms with Crippen LogP contribution in [0, 0.1) is 6.92 Å². The molecule has 0 bridgehead atoms. The van der Waals surface area contributed by atoms with Crippen molar-refractivity contribution in [3.63, 3.8) is 0 Å². The second-order valence-electron chi connectivity index (χ2n) is 6.42. The third-order valence-electron chi connectivity index (χ3n) is 4.60. The molecule has 0 amide bonds. The van der Waals surface area contributed by atoms with Gasteiger partial charge in [0, 0.05) is 48.4 Å². The summed E-state index contributed by atoms with van der Waals surface area (Å²) in [5, 5.41) is 3.95. The Morgan fingerprint density at radius 3 is 2.44 bits per heavy atom. The highest BCUT2D eigenvalue weighted by Crippen LogP contribution is 2.33. The molecule has 0 unspecified atom stereocenters. The zero-order chi connectivity index (χ0) is 17.3. The molecule has 25 heavy (non-hydrogen) atoms. The van der Waals surface area contributed by atoms with E-state index in [9.17, 15) is 0 Å². The van der Waals surface area contributed by atoms with Crippen LogP contribution in [-0.4, -0.2) is 42.1 Å². The van der Waals surface area contributed by atoms with E-state index in [-0.39, 0.29) is 5.79 Å². The quantitative estimate of drug-likeness (QED) is 0.903. The zero-order valence-corrected chi connectivity index (χ0v) is 14.9. The average molecular weight is 361 g/mol. The maximum atomic E-state index is 5.93. The molecular formula is C18H21ClN4O2. The van der Waals surface area contributed by atoms with Crippen LogP contribution in [0.4, 0.5) is 17.5 Å². The maximum Gasteiger partial charge on any atom is 0.229 e. The smallest absolute Gasteiger partial charge is 0.229 e. The van der Waals surface area contributed by atoms with Crippen molar-refractivity contribution < 1.29 is 9.47 Å². The van der Waals surface area contributed by atoms with Gasteiger partial charge in [-0.3, -0.25) is 0 Å². The molecule has 1 aromatic carbocycles. The van der Waals surface area contributed by atoms with Gasteiger partial charge in [-0.1, -0.05) is 11.6 Å². The molecular weight excluding hydrogens is 340 g/mol. The van der Waals surface area contributed by atoms with Gasteiger partial charge in [0.1, 0.15) is 5.82 Å². The summed E-state index contributed by atoms with van der Waals surface area (Å²) in [5.74, 6) is 1.14. The number of piperidine rings is 1. The number of nitrogens with one attached hydrogen (secondary N) is 1. The van der Waals surface area contributed by atoms with Gasteiger partial charge in [-0.05, 0) is 31.2 Å². The minimum Gasteiger partial charge on any atom is -0.356 e. The predicted molar refractivity (Wildman–Crippen MR) is 97.6 cm³/mol. The van der Waals surface area contributed by atoms with E-state index >= 15 is 0 Å². The summed E-state index contributed by atoms with van der Waals surface area (Å²) in [7, 11) is 0. The van der Waals surface area contributed by atoms with Crippen molar-refractivity contribution >= 4 is 29.1 Å². The van der Waals surface area contributed by atoms with Gasteiger partial charge in [0.05, 0.1) is 13.2 Å². The molecule has 0 radical (unpaired) electrons. The highest BCUT2D eigenvalue weighted by atomic mass is 35.5. The molecule has 1 N–H and O–H groups in total. The Labute approximate surface area is 152 Å². The number of nitrogens with zero attached hydrogens (tertiary/aromatic N) is 3. The molecule has 3 heterocycles. The third kappa shape index (κ3) is 3.71. The second-order valence-corrected chi connectivity index (χ2v) is 6.85. The summed E-state index contributed by atoms with van der Waals surface area (Å²) < 4.78 is 11.6. The van der Waals surface area contributed by atoms with E-state index in [2.05, 4.69) is 20.2 Å². The largest absolute Gasteiger partial charge is 0.356 e. The van der Waals surface area contributed by atoms with Gasteiger partial charge in [0.2, 0.25) is 5.95 Å². The van der Waals surface area contributed by atoms with Crippen molar-refractivity contribution in [2.75, 3.05) is 36.5 Å². The Hall–Kier alpha value is -1.89. The minimum absolute atomic E-state index is 0.372. The SMILES string of the molecule is Cc1cc(N2CCC3(CC2)OCCO3)nc(Nc2ccc(Cl)cc2)n1. The molecule has 4 rings (SSSR count). The fourth-order valence-electron chi connectivity index (χ4n) is 3.29. The first kappa shape index (κ1) is 16.6. The molecule has 2 aliphatic heterocycles. The van der Waals surface area contributed by atoms with Crippen LogP contribution >= 0.6 is 11.6 Å². The molecule has 0 aliphatic carbocycles. The van der Waals surface area contributed by atoms with Gasteiger partial charge in [-0.2, -0.15) is 4.98 Å².